The van der Waals surface area contributed by atoms with Gasteiger partial charge in [0.2, 0.25) is 11.0 Å². The van der Waals surface area contributed by atoms with Gasteiger partial charge in [0.15, 0.2) is 0 Å². The Morgan fingerprint density at radius 3 is 2.58 bits per heavy atom. The summed E-state index contributed by atoms with van der Waals surface area (Å²) in [6.07, 6.45) is 8.98. The zero-order valence-electron chi connectivity index (χ0n) is 26.1. The number of anilines is 1. The van der Waals surface area contributed by atoms with E-state index in [1.54, 1.807) is 54.5 Å². The number of hydrogen-bond donors (Lipinski definition) is 3. The van der Waals surface area contributed by atoms with Gasteiger partial charge in [-0.05, 0) is 99.1 Å². The van der Waals surface area contributed by atoms with Crippen molar-refractivity contribution in [3.8, 4) is 0 Å². The number of esters is 1. The number of benzene rings is 2. The second-order valence-electron chi connectivity index (χ2n) is 11.0. The Morgan fingerprint density at radius 1 is 1.13 bits per heavy atom. The van der Waals surface area contributed by atoms with Gasteiger partial charge >= 0.3 is 5.97 Å². The SMILES string of the molecule is CSCCCC(=O)OC(C)C.NC(=O)c1cc(NCC2CC(SC(=O)c3cccnc3)CN2)ccc1CCc1ccc(F)cc1. The summed E-state index contributed by atoms with van der Waals surface area (Å²) in [6, 6.07) is 15.8. The smallest absolute Gasteiger partial charge is 0.306 e. The number of nitrogens with one attached hydrogen (secondary N) is 2. The molecular weight excluding hydrogens is 612 g/mol. The highest BCUT2D eigenvalue weighted by Crippen LogP contribution is 2.25. The third-order valence-electron chi connectivity index (χ3n) is 6.97. The van der Waals surface area contributed by atoms with Gasteiger partial charge in [-0.15, -0.1) is 0 Å². The highest BCUT2D eigenvalue weighted by atomic mass is 32.2. The molecule has 2 heterocycles. The van der Waals surface area contributed by atoms with Crippen LogP contribution in [0.25, 0.3) is 0 Å². The van der Waals surface area contributed by atoms with Crippen LogP contribution in [0.1, 0.15) is 65.0 Å². The zero-order valence-corrected chi connectivity index (χ0v) is 27.7. The van der Waals surface area contributed by atoms with E-state index >= 15 is 0 Å². The van der Waals surface area contributed by atoms with Gasteiger partial charge in [0.05, 0.1) is 6.10 Å². The van der Waals surface area contributed by atoms with Crippen LogP contribution in [-0.4, -0.2) is 64.5 Å². The highest BCUT2D eigenvalue weighted by Gasteiger charge is 2.27. The van der Waals surface area contributed by atoms with Gasteiger partial charge in [0.1, 0.15) is 5.82 Å². The van der Waals surface area contributed by atoms with Crippen LogP contribution in [0.5, 0.6) is 0 Å². The van der Waals surface area contributed by atoms with Crippen LogP contribution in [0.15, 0.2) is 67.0 Å². The minimum Gasteiger partial charge on any atom is -0.463 e. The van der Waals surface area contributed by atoms with Gasteiger partial charge in [-0.1, -0.05) is 30.0 Å². The molecule has 1 fully saturated rings. The second kappa shape index (κ2) is 19.2. The summed E-state index contributed by atoms with van der Waals surface area (Å²) in [5.74, 6) is 0.225. The molecule has 0 radical (unpaired) electrons. The van der Waals surface area contributed by atoms with E-state index < -0.39 is 5.91 Å². The van der Waals surface area contributed by atoms with Gasteiger partial charge < -0.3 is 21.1 Å². The first kappa shape index (κ1) is 36.1. The first-order valence-electron chi connectivity index (χ1n) is 15.1. The van der Waals surface area contributed by atoms with Crippen molar-refractivity contribution in [3.05, 3.63) is 95.1 Å². The minimum atomic E-state index is -0.470. The summed E-state index contributed by atoms with van der Waals surface area (Å²) in [7, 11) is 0. The number of pyridine rings is 1. The molecular formula is C34H43FN4O4S2. The van der Waals surface area contributed by atoms with Gasteiger partial charge in [0, 0.05) is 60.0 Å². The Morgan fingerprint density at radius 2 is 1.91 bits per heavy atom. The van der Waals surface area contributed by atoms with E-state index in [1.165, 1.54) is 23.9 Å². The van der Waals surface area contributed by atoms with Crippen LogP contribution >= 0.6 is 23.5 Å². The van der Waals surface area contributed by atoms with Gasteiger partial charge in [-0.3, -0.25) is 19.4 Å². The molecule has 2 aromatic carbocycles. The number of aromatic nitrogens is 1. The minimum absolute atomic E-state index is 0.0248. The van der Waals surface area contributed by atoms with Crippen molar-refractivity contribution in [2.24, 2.45) is 5.73 Å². The fourth-order valence-electron chi connectivity index (χ4n) is 4.72. The maximum Gasteiger partial charge on any atom is 0.306 e. The number of hydrogen-bond acceptors (Lipinski definition) is 9. The van der Waals surface area contributed by atoms with Crippen LogP contribution in [0.4, 0.5) is 10.1 Å². The number of nitrogens with two attached hydrogens (primary N) is 1. The Bertz CT molecular complexity index is 1380. The largest absolute Gasteiger partial charge is 0.463 e. The molecule has 0 bridgehead atoms. The maximum absolute atomic E-state index is 13.1. The lowest BCUT2D eigenvalue weighted by Gasteiger charge is -2.15. The van der Waals surface area contributed by atoms with Crippen LogP contribution in [0.3, 0.4) is 0 Å². The third kappa shape index (κ3) is 13.2. The van der Waals surface area contributed by atoms with Crippen LogP contribution < -0.4 is 16.4 Å². The summed E-state index contributed by atoms with van der Waals surface area (Å²) in [6.45, 7) is 5.17. The molecule has 4 rings (SSSR count). The second-order valence-corrected chi connectivity index (χ2v) is 13.2. The van der Waals surface area contributed by atoms with Gasteiger partial charge in [-0.2, -0.15) is 11.8 Å². The van der Waals surface area contributed by atoms with Crippen molar-refractivity contribution in [2.45, 2.75) is 63.3 Å². The maximum atomic E-state index is 13.1. The van der Waals surface area contributed by atoms with Crippen LogP contribution in [-0.2, 0) is 22.4 Å². The predicted molar refractivity (Wildman–Crippen MR) is 182 cm³/mol. The van der Waals surface area contributed by atoms with E-state index in [2.05, 4.69) is 15.6 Å². The first-order chi connectivity index (χ1) is 21.6. The molecule has 4 N–H and O–H groups in total. The average molecular weight is 655 g/mol. The fraction of sp³-hybridized carbons (Fsp3) is 0.412. The van der Waals surface area contributed by atoms with E-state index in [-0.39, 0.29) is 34.3 Å². The molecule has 1 aliphatic heterocycles. The van der Waals surface area contributed by atoms with E-state index in [9.17, 15) is 18.8 Å². The molecule has 1 aliphatic rings. The van der Waals surface area contributed by atoms with Gasteiger partial charge in [0.25, 0.3) is 0 Å². The molecule has 11 heteroatoms. The number of carbonyl (C=O) groups excluding carboxylic acids is 3. The quantitative estimate of drug-likeness (QED) is 0.144. The molecule has 242 valence electrons. The lowest BCUT2D eigenvalue weighted by molar-refractivity contribution is -0.147. The van der Waals surface area contributed by atoms with Crippen molar-refractivity contribution in [1.82, 2.24) is 10.3 Å². The Balaban J connectivity index is 0.000000430. The summed E-state index contributed by atoms with van der Waals surface area (Å²) in [5, 5.41) is 7.08. The number of rotatable bonds is 14. The first-order valence-corrected chi connectivity index (χ1v) is 17.4. The summed E-state index contributed by atoms with van der Waals surface area (Å²) < 4.78 is 18.1. The fourth-order valence-corrected chi connectivity index (χ4v) is 6.22. The molecule has 8 nitrogen and oxygen atoms in total. The van der Waals surface area contributed by atoms with Crippen LogP contribution in [0, 0.1) is 5.82 Å². The average Bonchev–Trinajstić information content (AvgIpc) is 3.47. The van der Waals surface area contributed by atoms with Crippen molar-refractivity contribution in [1.29, 1.82) is 0 Å². The lowest BCUT2D eigenvalue weighted by atomic mass is 9.98. The molecule has 2 atom stereocenters. The molecule has 1 saturated heterocycles. The summed E-state index contributed by atoms with van der Waals surface area (Å²) in [4.78, 5) is 39.3. The molecule has 1 amide bonds. The standard InChI is InChI=1S/C26H27FN4O2S.C8H16O2S/c27-20-8-4-17(5-9-20)3-6-18-7-10-21(13-24(18)25(28)32)30-15-22-12-23(16-31-22)34-26(33)19-2-1-11-29-14-19;1-7(2)10-8(9)5-4-6-11-3/h1-2,4-5,7-11,13-14,22-23,30-31H,3,6,12,15-16H2,(H2,28,32);7H,4-6H2,1-3H3. The summed E-state index contributed by atoms with van der Waals surface area (Å²) >= 11 is 3.10. The lowest BCUT2D eigenvalue weighted by Crippen LogP contribution is -2.29. The summed E-state index contributed by atoms with van der Waals surface area (Å²) in [5.41, 5.74) is 9.43. The molecule has 1 aromatic heterocycles. The predicted octanol–water partition coefficient (Wildman–Crippen LogP) is 5.90. The number of aryl methyl sites for hydroxylation is 2. The number of ether oxygens (including phenoxy) is 1. The topological polar surface area (TPSA) is 123 Å². The molecule has 45 heavy (non-hydrogen) atoms. The molecule has 0 saturated carbocycles. The highest BCUT2D eigenvalue weighted by molar-refractivity contribution is 8.14. The zero-order chi connectivity index (χ0) is 32.6. The van der Waals surface area contributed by atoms with Crippen molar-refractivity contribution in [2.75, 3.05) is 30.4 Å². The number of thioether (sulfide) groups is 2. The van der Waals surface area contributed by atoms with Crippen molar-refractivity contribution < 1.29 is 23.5 Å². The van der Waals surface area contributed by atoms with Crippen molar-refractivity contribution >= 4 is 46.2 Å². The van der Waals surface area contributed by atoms with E-state index in [0.717, 1.165) is 42.0 Å². The third-order valence-corrected chi connectivity index (χ3v) is 8.81. The normalized spacial score (nSPS) is 15.7. The van der Waals surface area contributed by atoms with E-state index in [4.69, 9.17) is 10.5 Å². The van der Waals surface area contributed by atoms with E-state index in [0.29, 0.717) is 36.9 Å². The number of amides is 1. The molecule has 3 aromatic rings. The molecule has 0 aliphatic carbocycles. The van der Waals surface area contributed by atoms with Gasteiger partial charge in [-0.25, -0.2) is 4.39 Å². The number of halogens is 1. The number of nitrogens with zero attached hydrogens (tertiary/aromatic N) is 1. The Hall–Kier alpha value is -3.41. The van der Waals surface area contributed by atoms with Crippen molar-refractivity contribution in [3.63, 3.8) is 0 Å². The molecule has 2 unspecified atom stereocenters. The Kier molecular flexibility index (Phi) is 15.4. The number of carbonyl (C=O) groups is 3. The number of primary amides is 1. The molecule has 0 spiro atoms. The van der Waals surface area contributed by atoms with E-state index in [1.807, 2.05) is 32.2 Å². The van der Waals surface area contributed by atoms with Crippen LogP contribution in [0.2, 0.25) is 0 Å². The monoisotopic (exact) mass is 654 g/mol. The Labute approximate surface area is 273 Å².